The molecule has 5 nitrogen and oxygen atoms in total. The topological polar surface area (TPSA) is 69.4 Å². The van der Waals surface area contributed by atoms with E-state index in [4.69, 9.17) is 9.15 Å². The molecule has 0 bridgehead atoms. The van der Waals surface area contributed by atoms with Gasteiger partial charge in [0.25, 0.3) is 5.22 Å². The normalized spacial score (nSPS) is 10.8. The van der Waals surface area contributed by atoms with Gasteiger partial charge in [-0.05, 0) is 55.5 Å². The van der Waals surface area contributed by atoms with Crippen molar-refractivity contribution in [3.05, 3.63) is 89.5 Å². The number of fused-ring (bicyclic) bond motifs is 1. The van der Waals surface area contributed by atoms with Crippen LogP contribution in [0.3, 0.4) is 0 Å². The zero-order valence-electron chi connectivity index (χ0n) is 15.6. The van der Waals surface area contributed by atoms with Crippen LogP contribution < -0.4 is 4.74 Å². The molecule has 0 radical (unpaired) electrons. The molecule has 0 saturated heterocycles. The molecule has 144 valence electrons. The fourth-order valence-electron chi connectivity index (χ4n) is 2.69. The van der Waals surface area contributed by atoms with Crippen LogP contribution >= 0.6 is 11.8 Å². The number of carbonyl (C=O) groups excluding carboxylic acids is 2. The molecule has 0 N–H and O–H groups in total. The van der Waals surface area contributed by atoms with E-state index in [1.54, 1.807) is 36.4 Å². The number of hydrogen-bond acceptors (Lipinski definition) is 6. The van der Waals surface area contributed by atoms with Gasteiger partial charge in [0.2, 0.25) is 0 Å². The van der Waals surface area contributed by atoms with Gasteiger partial charge >= 0.3 is 5.97 Å². The van der Waals surface area contributed by atoms with E-state index in [-0.39, 0.29) is 11.5 Å². The highest BCUT2D eigenvalue weighted by atomic mass is 32.2. The average Bonchev–Trinajstić information content (AvgIpc) is 3.16. The van der Waals surface area contributed by atoms with Gasteiger partial charge < -0.3 is 9.15 Å². The molecule has 0 unspecified atom stereocenters. The maximum absolute atomic E-state index is 12.4. The standard InChI is InChI=1S/C23H17NO4S/c1-15-6-8-17(9-7-15)22(26)27-18-12-10-16(11-13-18)20(25)14-29-23-24-19-4-2-3-5-21(19)28-23/h2-13H,14H2,1H3. The molecule has 1 heterocycles. The largest absolute Gasteiger partial charge is 0.431 e. The molecule has 1 aromatic heterocycles. The number of hydrogen-bond donors (Lipinski definition) is 0. The summed E-state index contributed by atoms with van der Waals surface area (Å²) >= 11 is 1.25. The van der Waals surface area contributed by atoms with Crippen LogP contribution in [-0.2, 0) is 0 Å². The number of benzene rings is 3. The maximum atomic E-state index is 12.4. The molecule has 0 atom stereocenters. The number of aryl methyl sites for hydroxylation is 1. The summed E-state index contributed by atoms with van der Waals surface area (Å²) in [7, 11) is 0. The molecule has 0 aliphatic heterocycles. The van der Waals surface area contributed by atoms with E-state index < -0.39 is 5.97 Å². The van der Waals surface area contributed by atoms with Crippen LogP contribution in [-0.4, -0.2) is 22.5 Å². The Morgan fingerprint density at radius 2 is 1.62 bits per heavy atom. The highest BCUT2D eigenvalue weighted by Crippen LogP contribution is 2.24. The number of carbonyl (C=O) groups is 2. The Morgan fingerprint density at radius 1 is 0.931 bits per heavy atom. The summed E-state index contributed by atoms with van der Waals surface area (Å²) in [6.07, 6.45) is 0. The second-order valence-electron chi connectivity index (χ2n) is 6.44. The van der Waals surface area contributed by atoms with Crippen molar-refractivity contribution < 1.29 is 18.7 Å². The summed E-state index contributed by atoms with van der Waals surface area (Å²) in [5.74, 6) is 0.0953. The fourth-order valence-corrected chi connectivity index (χ4v) is 3.42. The molecular formula is C23H17NO4S. The lowest BCUT2D eigenvalue weighted by Gasteiger charge is -2.06. The Kier molecular flexibility index (Phi) is 5.44. The van der Waals surface area contributed by atoms with E-state index in [0.29, 0.717) is 27.7 Å². The molecule has 4 rings (SSSR count). The first-order valence-electron chi connectivity index (χ1n) is 8.99. The molecule has 4 aromatic rings. The van der Waals surface area contributed by atoms with Gasteiger partial charge in [-0.2, -0.15) is 0 Å². The third-order valence-electron chi connectivity index (χ3n) is 4.28. The van der Waals surface area contributed by atoms with Crippen molar-refractivity contribution >= 4 is 34.6 Å². The summed E-state index contributed by atoms with van der Waals surface area (Å²) in [5, 5.41) is 0.461. The van der Waals surface area contributed by atoms with Gasteiger partial charge in [-0.3, -0.25) is 4.79 Å². The molecule has 29 heavy (non-hydrogen) atoms. The van der Waals surface area contributed by atoms with Gasteiger partial charge in [0.1, 0.15) is 11.3 Å². The predicted octanol–water partition coefficient (Wildman–Crippen LogP) is 5.33. The first kappa shape index (κ1) is 19.0. The highest BCUT2D eigenvalue weighted by molar-refractivity contribution is 7.99. The van der Waals surface area contributed by atoms with Crippen LogP contribution in [0.1, 0.15) is 26.3 Å². The minimum atomic E-state index is -0.435. The van der Waals surface area contributed by atoms with E-state index >= 15 is 0 Å². The molecule has 0 aliphatic carbocycles. The van der Waals surface area contributed by atoms with E-state index in [1.807, 2.05) is 43.3 Å². The summed E-state index contributed by atoms with van der Waals surface area (Å²) < 4.78 is 11.0. The van der Waals surface area contributed by atoms with Gasteiger partial charge in [-0.25, -0.2) is 9.78 Å². The third-order valence-corrected chi connectivity index (χ3v) is 5.10. The van der Waals surface area contributed by atoms with Crippen LogP contribution in [0.5, 0.6) is 5.75 Å². The highest BCUT2D eigenvalue weighted by Gasteiger charge is 2.12. The number of nitrogens with zero attached hydrogens (tertiary/aromatic N) is 1. The van der Waals surface area contributed by atoms with Gasteiger partial charge in [0.05, 0.1) is 11.3 Å². The van der Waals surface area contributed by atoms with Crippen LogP contribution in [0.25, 0.3) is 11.1 Å². The van der Waals surface area contributed by atoms with E-state index in [0.717, 1.165) is 11.1 Å². The monoisotopic (exact) mass is 403 g/mol. The molecule has 0 aliphatic rings. The second kappa shape index (κ2) is 8.32. The van der Waals surface area contributed by atoms with E-state index in [2.05, 4.69) is 4.98 Å². The van der Waals surface area contributed by atoms with Crippen molar-refractivity contribution in [3.63, 3.8) is 0 Å². The number of ether oxygens (including phenoxy) is 1. The molecule has 3 aromatic carbocycles. The zero-order chi connectivity index (χ0) is 20.2. The second-order valence-corrected chi connectivity index (χ2v) is 7.37. The number of ketones is 1. The number of para-hydroxylation sites is 2. The number of thioether (sulfide) groups is 1. The SMILES string of the molecule is Cc1ccc(C(=O)Oc2ccc(C(=O)CSc3nc4ccccc4o3)cc2)cc1. The van der Waals surface area contributed by atoms with Crippen LogP contribution in [0.2, 0.25) is 0 Å². The van der Waals surface area contributed by atoms with Crippen molar-refractivity contribution in [2.24, 2.45) is 0 Å². The molecule has 0 saturated carbocycles. The van der Waals surface area contributed by atoms with Gasteiger partial charge in [0.15, 0.2) is 11.4 Å². The number of aromatic nitrogens is 1. The first-order valence-corrected chi connectivity index (χ1v) is 9.97. The molecular weight excluding hydrogens is 386 g/mol. The van der Waals surface area contributed by atoms with Crippen molar-refractivity contribution in [1.82, 2.24) is 4.98 Å². The Morgan fingerprint density at radius 3 is 2.34 bits per heavy atom. The van der Waals surface area contributed by atoms with Crippen molar-refractivity contribution in [3.8, 4) is 5.75 Å². The first-order chi connectivity index (χ1) is 14.1. The van der Waals surface area contributed by atoms with Gasteiger partial charge in [0, 0.05) is 5.56 Å². The summed E-state index contributed by atoms with van der Waals surface area (Å²) in [6, 6.07) is 21.1. The number of Topliss-reactive ketones (excluding diaryl/α,β-unsaturated/α-hetero) is 1. The fraction of sp³-hybridized carbons (Fsp3) is 0.0870. The van der Waals surface area contributed by atoms with Gasteiger partial charge in [-0.15, -0.1) is 0 Å². The number of oxazole rings is 1. The summed E-state index contributed by atoms with van der Waals surface area (Å²) in [6.45, 7) is 1.95. The van der Waals surface area contributed by atoms with Crippen molar-refractivity contribution in [2.75, 3.05) is 5.75 Å². The van der Waals surface area contributed by atoms with Crippen molar-refractivity contribution in [2.45, 2.75) is 12.1 Å². The Balaban J connectivity index is 1.36. The van der Waals surface area contributed by atoms with Crippen LogP contribution in [0, 0.1) is 6.92 Å². The summed E-state index contributed by atoms with van der Waals surface area (Å²) in [4.78, 5) is 28.9. The molecule has 6 heteroatoms. The van der Waals surface area contributed by atoms with Crippen LogP contribution in [0.15, 0.2) is 82.4 Å². The number of rotatable bonds is 6. The quantitative estimate of drug-likeness (QED) is 0.188. The van der Waals surface area contributed by atoms with Crippen molar-refractivity contribution in [1.29, 1.82) is 0 Å². The number of esters is 1. The average molecular weight is 403 g/mol. The minimum absolute atomic E-state index is 0.0614. The lowest BCUT2D eigenvalue weighted by molar-refractivity contribution is 0.0734. The smallest absolute Gasteiger partial charge is 0.343 e. The molecule has 0 spiro atoms. The lowest BCUT2D eigenvalue weighted by atomic mass is 10.1. The maximum Gasteiger partial charge on any atom is 0.343 e. The third kappa shape index (κ3) is 4.55. The Hall–Kier alpha value is -3.38. The lowest BCUT2D eigenvalue weighted by Crippen LogP contribution is -2.08. The minimum Gasteiger partial charge on any atom is -0.431 e. The molecule has 0 amide bonds. The Labute approximate surface area is 171 Å². The van der Waals surface area contributed by atoms with E-state index in [1.165, 1.54) is 11.8 Å². The van der Waals surface area contributed by atoms with E-state index in [9.17, 15) is 9.59 Å². The Bertz CT molecular complexity index is 1130. The van der Waals surface area contributed by atoms with Gasteiger partial charge in [-0.1, -0.05) is 41.6 Å². The zero-order valence-corrected chi connectivity index (χ0v) is 16.4. The summed E-state index contributed by atoms with van der Waals surface area (Å²) in [5.41, 5.74) is 3.54. The predicted molar refractivity (Wildman–Crippen MR) is 112 cm³/mol. The molecule has 0 fully saturated rings. The van der Waals surface area contributed by atoms with Crippen LogP contribution in [0.4, 0.5) is 0 Å².